The van der Waals surface area contributed by atoms with Crippen molar-refractivity contribution in [3.63, 3.8) is 0 Å². The molecule has 0 heterocycles. The minimum absolute atomic E-state index is 0.255. The summed E-state index contributed by atoms with van der Waals surface area (Å²) in [6.07, 6.45) is 0. The molecule has 0 saturated heterocycles. The molecule has 0 aliphatic rings. The molecule has 10 heavy (non-hydrogen) atoms. The Kier molecular flexibility index (Phi) is 7.47. The van der Waals surface area contributed by atoms with Crippen LogP contribution < -0.4 is 0 Å². The quantitative estimate of drug-likeness (QED) is 0.443. The van der Waals surface area contributed by atoms with Crippen LogP contribution in [0.4, 0.5) is 0 Å². The normalized spacial score (nSPS) is 10.8. The molecule has 0 fully saturated rings. The number of alkyl halides is 1. The van der Waals surface area contributed by atoms with Gasteiger partial charge < -0.3 is 9.47 Å². The van der Waals surface area contributed by atoms with Gasteiger partial charge in [0.15, 0.2) is 0 Å². The summed E-state index contributed by atoms with van der Waals surface area (Å²) in [7, 11) is 0. The van der Waals surface area contributed by atoms with Gasteiger partial charge in [-0.2, -0.15) is 0 Å². The van der Waals surface area contributed by atoms with Gasteiger partial charge in [-0.25, -0.2) is 0 Å². The van der Waals surface area contributed by atoms with E-state index in [2.05, 4.69) is 13.8 Å². The van der Waals surface area contributed by atoms with Crippen LogP contribution in [-0.4, -0.2) is 25.9 Å². The van der Waals surface area contributed by atoms with Gasteiger partial charge in [0.1, 0.15) is 6.07 Å². The van der Waals surface area contributed by atoms with E-state index >= 15 is 0 Å². The lowest BCUT2D eigenvalue weighted by Crippen LogP contribution is -2.07. The molecule has 0 aromatic carbocycles. The van der Waals surface area contributed by atoms with E-state index in [0.717, 1.165) is 6.61 Å². The molecule has 0 aromatic heterocycles. The van der Waals surface area contributed by atoms with Crippen molar-refractivity contribution in [2.75, 3.05) is 25.9 Å². The maximum Gasteiger partial charge on any atom is 0.120 e. The topological polar surface area (TPSA) is 18.5 Å². The summed E-state index contributed by atoms with van der Waals surface area (Å²) in [6, 6.07) is 0.255. The van der Waals surface area contributed by atoms with Crippen molar-refractivity contribution in [1.82, 2.24) is 0 Å². The largest absolute Gasteiger partial charge is 0.379 e. The van der Waals surface area contributed by atoms with Gasteiger partial charge in [-0.05, 0) is 5.92 Å². The molecule has 0 radical (unpaired) electrons. The first-order chi connectivity index (χ1) is 4.77. The zero-order chi connectivity index (χ0) is 7.82. The Balaban J connectivity index is 2.77. The number of rotatable bonds is 6. The van der Waals surface area contributed by atoms with E-state index in [0.29, 0.717) is 19.1 Å². The first-order valence-corrected chi connectivity index (χ1v) is 4.02. The Bertz CT molecular complexity index is 66.6. The fourth-order valence-corrected chi connectivity index (χ4v) is 0.601. The Hall–Kier alpha value is 0.210. The molecule has 0 saturated carbocycles. The minimum Gasteiger partial charge on any atom is -0.379 e. The monoisotopic (exact) mass is 166 g/mol. The van der Waals surface area contributed by atoms with Crippen molar-refractivity contribution in [3.8, 4) is 0 Å². The molecule has 0 rings (SSSR count). The van der Waals surface area contributed by atoms with Crippen molar-refractivity contribution < 1.29 is 9.47 Å². The van der Waals surface area contributed by atoms with Gasteiger partial charge in [0, 0.05) is 6.61 Å². The van der Waals surface area contributed by atoms with Gasteiger partial charge >= 0.3 is 0 Å². The maximum atomic E-state index is 5.27. The van der Waals surface area contributed by atoms with Crippen LogP contribution in [0.15, 0.2) is 0 Å². The van der Waals surface area contributed by atoms with Gasteiger partial charge in [-0.3, -0.25) is 0 Å². The van der Waals surface area contributed by atoms with E-state index in [9.17, 15) is 0 Å². The molecule has 3 heteroatoms. The molecule has 0 atom stereocenters. The van der Waals surface area contributed by atoms with Gasteiger partial charge in [-0.15, -0.1) is 0 Å². The zero-order valence-corrected chi connectivity index (χ0v) is 7.36. The molecule has 0 spiro atoms. The second-order valence-corrected chi connectivity index (χ2v) is 2.70. The van der Waals surface area contributed by atoms with E-state index in [1.54, 1.807) is 0 Å². The second kappa shape index (κ2) is 7.32. The summed E-state index contributed by atoms with van der Waals surface area (Å²) >= 11 is 5.27. The molecule has 0 unspecified atom stereocenters. The third kappa shape index (κ3) is 8.21. The SMILES string of the molecule is CC(C)COCCOCCl. The molecule has 0 aliphatic heterocycles. The third-order valence-electron chi connectivity index (χ3n) is 0.900. The Morgan fingerprint density at radius 1 is 1.20 bits per heavy atom. The Labute approximate surface area is 67.5 Å². The molecule has 62 valence electrons. The van der Waals surface area contributed by atoms with Crippen LogP contribution in [0.1, 0.15) is 13.8 Å². The molecule has 0 bridgehead atoms. The van der Waals surface area contributed by atoms with Crippen molar-refractivity contribution in [3.05, 3.63) is 0 Å². The fourth-order valence-electron chi connectivity index (χ4n) is 0.491. The molecule has 2 nitrogen and oxygen atoms in total. The smallest absolute Gasteiger partial charge is 0.120 e. The standard InChI is InChI=1S/C7H15ClO2/c1-7(2)5-9-3-4-10-6-8/h7H,3-6H2,1-2H3. The highest BCUT2D eigenvalue weighted by Gasteiger charge is 1.92. The van der Waals surface area contributed by atoms with Crippen LogP contribution in [0.25, 0.3) is 0 Å². The van der Waals surface area contributed by atoms with Crippen molar-refractivity contribution in [2.24, 2.45) is 5.92 Å². The Morgan fingerprint density at radius 2 is 1.80 bits per heavy atom. The number of hydrogen-bond acceptors (Lipinski definition) is 2. The van der Waals surface area contributed by atoms with Crippen molar-refractivity contribution in [1.29, 1.82) is 0 Å². The van der Waals surface area contributed by atoms with E-state index in [-0.39, 0.29) is 6.07 Å². The molecular weight excluding hydrogens is 152 g/mol. The number of halogens is 1. The van der Waals surface area contributed by atoms with Crippen LogP contribution >= 0.6 is 11.6 Å². The van der Waals surface area contributed by atoms with Crippen LogP contribution in [0.3, 0.4) is 0 Å². The summed E-state index contributed by atoms with van der Waals surface area (Å²) in [5, 5.41) is 0. The minimum atomic E-state index is 0.255. The molecular formula is C7H15ClO2. The number of hydrogen-bond donors (Lipinski definition) is 0. The average molecular weight is 167 g/mol. The Morgan fingerprint density at radius 3 is 2.30 bits per heavy atom. The van der Waals surface area contributed by atoms with Crippen molar-refractivity contribution in [2.45, 2.75) is 13.8 Å². The second-order valence-electron chi connectivity index (χ2n) is 2.49. The summed E-state index contributed by atoms with van der Waals surface area (Å²) in [4.78, 5) is 0. The van der Waals surface area contributed by atoms with Gasteiger partial charge in [-0.1, -0.05) is 25.4 Å². The first-order valence-electron chi connectivity index (χ1n) is 3.48. The summed E-state index contributed by atoms with van der Waals surface area (Å²) in [5.41, 5.74) is 0. The number of ether oxygens (including phenoxy) is 2. The first kappa shape index (κ1) is 10.2. The molecule has 0 amide bonds. The van der Waals surface area contributed by atoms with E-state index in [4.69, 9.17) is 21.1 Å². The summed E-state index contributed by atoms with van der Waals surface area (Å²) < 4.78 is 10.1. The molecule has 0 aliphatic carbocycles. The lowest BCUT2D eigenvalue weighted by Gasteiger charge is -2.05. The highest BCUT2D eigenvalue weighted by Crippen LogP contribution is 1.91. The van der Waals surface area contributed by atoms with Crippen LogP contribution in [-0.2, 0) is 9.47 Å². The van der Waals surface area contributed by atoms with Crippen LogP contribution in [0.5, 0.6) is 0 Å². The third-order valence-corrected chi connectivity index (χ3v) is 1.05. The average Bonchev–Trinajstić information content (AvgIpc) is 1.87. The van der Waals surface area contributed by atoms with E-state index in [1.807, 2.05) is 0 Å². The zero-order valence-electron chi connectivity index (χ0n) is 6.60. The van der Waals surface area contributed by atoms with Gasteiger partial charge in [0.05, 0.1) is 13.2 Å². The highest BCUT2D eigenvalue weighted by atomic mass is 35.5. The van der Waals surface area contributed by atoms with Crippen LogP contribution in [0.2, 0.25) is 0 Å². The van der Waals surface area contributed by atoms with Crippen molar-refractivity contribution >= 4 is 11.6 Å². The maximum absolute atomic E-state index is 5.27. The van der Waals surface area contributed by atoms with E-state index in [1.165, 1.54) is 0 Å². The predicted octanol–water partition coefficient (Wildman–Crippen LogP) is 1.87. The molecule has 0 aromatic rings. The van der Waals surface area contributed by atoms with Crippen LogP contribution in [0, 0.1) is 5.92 Å². The highest BCUT2D eigenvalue weighted by molar-refractivity contribution is 6.17. The lowest BCUT2D eigenvalue weighted by molar-refractivity contribution is 0.0519. The fraction of sp³-hybridized carbons (Fsp3) is 1.00. The predicted molar refractivity (Wildman–Crippen MR) is 42.3 cm³/mol. The van der Waals surface area contributed by atoms with Gasteiger partial charge in [0.2, 0.25) is 0 Å². The summed E-state index contributed by atoms with van der Waals surface area (Å²) in [5.74, 6) is 0.594. The summed E-state index contributed by atoms with van der Waals surface area (Å²) in [6.45, 7) is 6.26. The lowest BCUT2D eigenvalue weighted by atomic mass is 10.2. The van der Waals surface area contributed by atoms with Gasteiger partial charge in [0.25, 0.3) is 0 Å². The van der Waals surface area contributed by atoms with E-state index < -0.39 is 0 Å². The molecule has 0 N–H and O–H groups in total.